The van der Waals surface area contributed by atoms with Crippen molar-refractivity contribution in [1.29, 1.82) is 0 Å². The molecule has 1 unspecified atom stereocenters. The lowest BCUT2D eigenvalue weighted by molar-refractivity contribution is 0.103. The summed E-state index contributed by atoms with van der Waals surface area (Å²) in [5, 5.41) is 0.0357. The quantitative estimate of drug-likeness (QED) is 0.739. The van der Waals surface area contributed by atoms with Crippen LogP contribution in [0.15, 0.2) is 21.8 Å². The largest absolute Gasteiger partial charge is 0.453 e. The SMILES string of the molecule is COC(CSCc1coc(S(C)(=O)=O)c1)CC(C)C. The van der Waals surface area contributed by atoms with Gasteiger partial charge in [-0.15, -0.1) is 0 Å². The van der Waals surface area contributed by atoms with E-state index in [0.717, 1.165) is 29.7 Å². The molecule has 0 saturated carbocycles. The summed E-state index contributed by atoms with van der Waals surface area (Å²) >= 11 is 1.73. The van der Waals surface area contributed by atoms with E-state index in [-0.39, 0.29) is 11.2 Å². The molecule has 1 rings (SSSR count). The molecular formula is C13H22O4S2. The van der Waals surface area contributed by atoms with Crippen LogP contribution in [0.4, 0.5) is 0 Å². The second-order valence-corrected chi connectivity index (χ2v) is 8.03. The third-order valence-electron chi connectivity index (χ3n) is 2.64. The van der Waals surface area contributed by atoms with E-state index in [4.69, 9.17) is 9.15 Å². The molecule has 4 nitrogen and oxygen atoms in total. The first kappa shape index (κ1) is 16.6. The van der Waals surface area contributed by atoms with E-state index in [1.54, 1.807) is 24.9 Å². The molecule has 0 radical (unpaired) electrons. The zero-order chi connectivity index (χ0) is 14.5. The molecule has 1 aromatic rings. The van der Waals surface area contributed by atoms with Gasteiger partial charge in [0.15, 0.2) is 0 Å². The zero-order valence-corrected chi connectivity index (χ0v) is 13.5. The van der Waals surface area contributed by atoms with Crippen molar-refractivity contribution in [2.45, 2.75) is 37.2 Å². The van der Waals surface area contributed by atoms with Crippen LogP contribution in [0.5, 0.6) is 0 Å². The fourth-order valence-corrected chi connectivity index (χ4v) is 3.32. The topological polar surface area (TPSA) is 56.5 Å². The summed E-state index contributed by atoms with van der Waals surface area (Å²) in [6.07, 6.45) is 3.93. The zero-order valence-electron chi connectivity index (χ0n) is 11.9. The molecule has 0 spiro atoms. The van der Waals surface area contributed by atoms with Gasteiger partial charge in [0.05, 0.1) is 12.4 Å². The van der Waals surface area contributed by atoms with Crippen molar-refractivity contribution in [2.75, 3.05) is 19.1 Å². The van der Waals surface area contributed by atoms with E-state index in [9.17, 15) is 8.42 Å². The van der Waals surface area contributed by atoms with Crippen LogP contribution >= 0.6 is 11.8 Å². The predicted octanol–water partition coefficient (Wildman–Crippen LogP) is 2.98. The van der Waals surface area contributed by atoms with Gasteiger partial charge < -0.3 is 9.15 Å². The second kappa shape index (κ2) is 7.36. The van der Waals surface area contributed by atoms with Gasteiger partial charge in [-0.25, -0.2) is 8.42 Å². The van der Waals surface area contributed by atoms with Gasteiger partial charge in [0.2, 0.25) is 14.9 Å². The normalized spacial score (nSPS) is 13.9. The molecule has 0 amide bonds. The molecule has 0 aliphatic carbocycles. The fourth-order valence-electron chi connectivity index (χ4n) is 1.69. The average molecular weight is 306 g/mol. The van der Waals surface area contributed by atoms with Crippen LogP contribution in [-0.2, 0) is 20.3 Å². The Hall–Kier alpha value is -0.460. The van der Waals surface area contributed by atoms with E-state index >= 15 is 0 Å². The van der Waals surface area contributed by atoms with Crippen molar-refractivity contribution < 1.29 is 17.6 Å². The third kappa shape index (κ3) is 6.01. The summed E-state index contributed by atoms with van der Waals surface area (Å²) in [7, 11) is -1.52. The fraction of sp³-hybridized carbons (Fsp3) is 0.692. The van der Waals surface area contributed by atoms with Crippen LogP contribution in [0.1, 0.15) is 25.8 Å². The number of rotatable bonds is 8. The minimum atomic E-state index is -3.24. The lowest BCUT2D eigenvalue weighted by Gasteiger charge is -2.16. The number of ether oxygens (including phenoxy) is 1. The van der Waals surface area contributed by atoms with Crippen LogP contribution in [0, 0.1) is 5.92 Å². The molecule has 1 heterocycles. The molecule has 1 atom stereocenters. The second-order valence-electron chi connectivity index (χ2n) is 5.05. The van der Waals surface area contributed by atoms with Gasteiger partial charge in [-0.3, -0.25) is 0 Å². The predicted molar refractivity (Wildman–Crippen MR) is 78.2 cm³/mol. The summed E-state index contributed by atoms with van der Waals surface area (Å²) < 4.78 is 33.0. The molecule has 0 fully saturated rings. The minimum absolute atomic E-state index is 0.0357. The highest BCUT2D eigenvalue weighted by atomic mass is 32.2. The minimum Gasteiger partial charge on any atom is -0.453 e. The lowest BCUT2D eigenvalue weighted by Crippen LogP contribution is -2.16. The van der Waals surface area contributed by atoms with E-state index in [1.807, 2.05) is 0 Å². The van der Waals surface area contributed by atoms with Crippen molar-refractivity contribution in [3.05, 3.63) is 17.9 Å². The number of thioether (sulfide) groups is 1. The molecule has 0 aliphatic rings. The highest BCUT2D eigenvalue weighted by molar-refractivity contribution is 7.98. The van der Waals surface area contributed by atoms with Crippen molar-refractivity contribution in [1.82, 2.24) is 0 Å². The van der Waals surface area contributed by atoms with E-state index in [0.29, 0.717) is 5.92 Å². The highest BCUT2D eigenvalue weighted by Crippen LogP contribution is 2.21. The molecular weight excluding hydrogens is 284 g/mol. The molecule has 1 aromatic heterocycles. The van der Waals surface area contributed by atoms with Gasteiger partial charge in [-0.2, -0.15) is 11.8 Å². The van der Waals surface area contributed by atoms with Crippen molar-refractivity contribution >= 4 is 21.6 Å². The van der Waals surface area contributed by atoms with Gasteiger partial charge in [0, 0.05) is 30.4 Å². The maximum Gasteiger partial charge on any atom is 0.217 e. The Morgan fingerprint density at radius 2 is 2.11 bits per heavy atom. The number of sulfone groups is 1. The van der Waals surface area contributed by atoms with Crippen molar-refractivity contribution in [2.24, 2.45) is 5.92 Å². The van der Waals surface area contributed by atoms with Gasteiger partial charge in [0.25, 0.3) is 0 Å². The molecule has 19 heavy (non-hydrogen) atoms. The summed E-state index contributed by atoms with van der Waals surface area (Å²) in [6.45, 7) is 4.34. The Kier molecular flexibility index (Phi) is 6.42. The summed E-state index contributed by atoms with van der Waals surface area (Å²) in [5.41, 5.74) is 0.893. The maximum atomic E-state index is 11.3. The molecule has 0 aliphatic heterocycles. The van der Waals surface area contributed by atoms with Crippen LogP contribution in [0.2, 0.25) is 0 Å². The summed E-state index contributed by atoms with van der Waals surface area (Å²) in [6, 6.07) is 1.59. The summed E-state index contributed by atoms with van der Waals surface area (Å²) in [4.78, 5) is 0. The first-order chi connectivity index (χ1) is 8.82. The monoisotopic (exact) mass is 306 g/mol. The standard InChI is InChI=1S/C13H22O4S2/c1-10(2)5-12(16-3)9-18-8-11-6-13(17-7-11)19(4,14)15/h6-7,10,12H,5,8-9H2,1-4H3. The van der Waals surface area contributed by atoms with Crippen LogP contribution in [0.25, 0.3) is 0 Å². The molecule has 6 heteroatoms. The van der Waals surface area contributed by atoms with Crippen molar-refractivity contribution in [3.63, 3.8) is 0 Å². The van der Waals surface area contributed by atoms with Gasteiger partial charge >= 0.3 is 0 Å². The first-order valence-electron chi connectivity index (χ1n) is 6.21. The Morgan fingerprint density at radius 1 is 1.42 bits per heavy atom. The van der Waals surface area contributed by atoms with Crippen LogP contribution < -0.4 is 0 Å². The van der Waals surface area contributed by atoms with Crippen LogP contribution in [-0.4, -0.2) is 33.6 Å². The van der Waals surface area contributed by atoms with E-state index in [2.05, 4.69) is 13.8 Å². The number of hydrogen-bond acceptors (Lipinski definition) is 5. The van der Waals surface area contributed by atoms with Gasteiger partial charge in [0.1, 0.15) is 0 Å². The maximum absolute atomic E-state index is 11.3. The lowest BCUT2D eigenvalue weighted by atomic mass is 10.1. The van der Waals surface area contributed by atoms with Crippen molar-refractivity contribution in [3.8, 4) is 0 Å². The summed E-state index contributed by atoms with van der Waals surface area (Å²) in [5.74, 6) is 2.24. The van der Waals surface area contributed by atoms with E-state index < -0.39 is 9.84 Å². The molecule has 0 bridgehead atoms. The first-order valence-corrected chi connectivity index (χ1v) is 9.25. The Labute approximate surface area is 119 Å². The van der Waals surface area contributed by atoms with Gasteiger partial charge in [-0.1, -0.05) is 13.8 Å². The molecule has 0 saturated heterocycles. The number of methoxy groups -OCH3 is 1. The molecule has 110 valence electrons. The van der Waals surface area contributed by atoms with Gasteiger partial charge in [-0.05, 0) is 18.4 Å². The highest BCUT2D eigenvalue weighted by Gasteiger charge is 2.14. The smallest absolute Gasteiger partial charge is 0.217 e. The Bertz CT molecular complexity index is 477. The average Bonchev–Trinajstić information content (AvgIpc) is 2.75. The third-order valence-corrected chi connectivity index (χ3v) is 4.73. The Morgan fingerprint density at radius 3 is 2.58 bits per heavy atom. The van der Waals surface area contributed by atoms with E-state index in [1.165, 1.54) is 6.26 Å². The Balaban J connectivity index is 2.43. The van der Waals surface area contributed by atoms with Crippen LogP contribution in [0.3, 0.4) is 0 Å². The molecule has 0 N–H and O–H groups in total. The number of hydrogen-bond donors (Lipinski definition) is 0. The number of furan rings is 1. The molecule has 0 aromatic carbocycles.